The zero-order valence-electron chi connectivity index (χ0n) is 8.38. The Bertz CT molecular complexity index is 560. The van der Waals surface area contributed by atoms with Crippen molar-refractivity contribution in [3.05, 3.63) is 34.9 Å². The Labute approximate surface area is 95.9 Å². The molecular weight excluding hydrogens is 228 g/mol. The molecule has 2 rings (SSSR count). The quantitative estimate of drug-likeness (QED) is 0.624. The third-order valence-corrected chi connectivity index (χ3v) is 2.33. The van der Waals surface area contributed by atoms with E-state index in [0.717, 1.165) is 0 Å². The van der Waals surface area contributed by atoms with Crippen LogP contribution in [-0.4, -0.2) is 32.8 Å². The van der Waals surface area contributed by atoms with Crippen molar-refractivity contribution in [2.24, 2.45) is 0 Å². The molecule has 0 bridgehead atoms. The maximum atomic E-state index is 11.3. The van der Waals surface area contributed by atoms with Crippen LogP contribution in [0.4, 0.5) is 0 Å². The summed E-state index contributed by atoms with van der Waals surface area (Å²) in [6, 6.07) is 1.69. The average Bonchev–Trinajstić information content (AvgIpc) is 2.71. The topological polar surface area (TPSA) is 72.8 Å². The minimum Gasteiger partial charge on any atom is -0.465 e. The van der Waals surface area contributed by atoms with Gasteiger partial charge in [-0.3, -0.25) is 5.10 Å². The second-order valence-electron chi connectivity index (χ2n) is 2.87. The van der Waals surface area contributed by atoms with Crippen molar-refractivity contribution in [1.82, 2.24) is 19.7 Å². The molecule has 6 nitrogen and oxygen atoms in total. The van der Waals surface area contributed by atoms with Crippen LogP contribution in [0.15, 0.2) is 24.7 Å². The molecule has 1 N–H and O–H groups in total. The smallest absolute Gasteiger partial charge is 0.342 e. The number of carbonyl (C=O) groups is 1. The van der Waals surface area contributed by atoms with Gasteiger partial charge in [-0.1, -0.05) is 12.2 Å². The van der Waals surface area contributed by atoms with E-state index in [2.05, 4.69) is 19.8 Å². The Morgan fingerprint density at radius 2 is 2.19 bits per heavy atom. The second-order valence-corrected chi connectivity index (χ2v) is 3.25. The van der Waals surface area contributed by atoms with Gasteiger partial charge in [0.2, 0.25) is 5.95 Å². The minimum atomic E-state index is -0.490. The average molecular weight is 236 g/mol. The maximum Gasteiger partial charge on any atom is 0.342 e. The maximum absolute atomic E-state index is 11.3. The first kappa shape index (κ1) is 10.5. The standard InChI is InChI=1S/C9H8N4O2S/c1-15-8(14)6-5-12-13(7(6)16)9-10-3-2-4-11-9/h2-5,12H,1H3. The van der Waals surface area contributed by atoms with Gasteiger partial charge in [-0.2, -0.15) is 0 Å². The molecule has 0 unspecified atom stereocenters. The molecule has 0 radical (unpaired) electrons. The lowest BCUT2D eigenvalue weighted by Crippen LogP contribution is -2.04. The molecule has 0 amide bonds. The molecule has 0 saturated heterocycles. The monoisotopic (exact) mass is 236 g/mol. The molecule has 0 aromatic carbocycles. The van der Waals surface area contributed by atoms with Gasteiger partial charge >= 0.3 is 5.97 Å². The zero-order chi connectivity index (χ0) is 11.5. The lowest BCUT2D eigenvalue weighted by atomic mass is 10.4. The van der Waals surface area contributed by atoms with Crippen LogP contribution in [0.5, 0.6) is 0 Å². The summed E-state index contributed by atoms with van der Waals surface area (Å²) in [4.78, 5) is 19.3. The number of hydrogen-bond acceptors (Lipinski definition) is 5. The summed E-state index contributed by atoms with van der Waals surface area (Å²) >= 11 is 5.10. The molecule has 16 heavy (non-hydrogen) atoms. The summed E-state index contributed by atoms with van der Waals surface area (Å²) in [6.07, 6.45) is 4.63. The number of nitrogens with one attached hydrogen (secondary N) is 1. The molecular formula is C9H8N4O2S. The van der Waals surface area contributed by atoms with E-state index in [0.29, 0.717) is 5.95 Å². The number of aromatic amines is 1. The van der Waals surface area contributed by atoms with Crippen LogP contribution in [0.3, 0.4) is 0 Å². The number of nitrogens with zero attached hydrogens (tertiary/aromatic N) is 3. The second kappa shape index (κ2) is 4.23. The van der Waals surface area contributed by atoms with Crippen LogP contribution in [0.1, 0.15) is 10.4 Å². The molecule has 2 aromatic heterocycles. The fourth-order valence-electron chi connectivity index (χ4n) is 1.18. The summed E-state index contributed by atoms with van der Waals surface area (Å²) in [5.74, 6) is -0.112. The van der Waals surface area contributed by atoms with Crippen molar-refractivity contribution in [3.63, 3.8) is 0 Å². The van der Waals surface area contributed by atoms with E-state index < -0.39 is 5.97 Å². The Kier molecular flexibility index (Phi) is 2.78. The van der Waals surface area contributed by atoms with E-state index in [1.165, 1.54) is 18.0 Å². The highest BCUT2D eigenvalue weighted by Gasteiger charge is 2.13. The van der Waals surface area contributed by atoms with Crippen LogP contribution in [0.25, 0.3) is 5.95 Å². The van der Waals surface area contributed by atoms with Crippen molar-refractivity contribution in [3.8, 4) is 5.95 Å². The Balaban J connectivity index is 2.50. The summed E-state index contributed by atoms with van der Waals surface area (Å²) in [6.45, 7) is 0. The Hall–Kier alpha value is -2.02. The first-order chi connectivity index (χ1) is 7.74. The SMILES string of the molecule is COC(=O)c1c[nH]n(-c2ncccn2)c1=S. The number of ether oxygens (including phenoxy) is 1. The molecule has 82 valence electrons. The molecule has 0 aliphatic rings. The molecule has 0 spiro atoms. The van der Waals surface area contributed by atoms with Gasteiger partial charge in [0, 0.05) is 18.6 Å². The van der Waals surface area contributed by atoms with Crippen LogP contribution < -0.4 is 0 Å². The van der Waals surface area contributed by atoms with E-state index >= 15 is 0 Å². The predicted octanol–water partition coefficient (Wildman–Crippen LogP) is 1.11. The highest BCUT2D eigenvalue weighted by molar-refractivity contribution is 7.71. The fourth-order valence-corrected chi connectivity index (χ4v) is 1.46. The van der Waals surface area contributed by atoms with E-state index in [1.54, 1.807) is 18.5 Å². The van der Waals surface area contributed by atoms with Gasteiger partial charge in [-0.05, 0) is 6.07 Å². The number of carbonyl (C=O) groups excluding carboxylic acids is 1. The van der Waals surface area contributed by atoms with E-state index in [-0.39, 0.29) is 10.2 Å². The number of hydrogen-bond donors (Lipinski definition) is 1. The van der Waals surface area contributed by atoms with Gasteiger partial charge in [-0.25, -0.2) is 19.4 Å². The normalized spacial score (nSPS) is 10.1. The van der Waals surface area contributed by atoms with E-state index in [9.17, 15) is 4.79 Å². The van der Waals surface area contributed by atoms with Gasteiger partial charge in [0.1, 0.15) is 10.2 Å². The first-order valence-electron chi connectivity index (χ1n) is 4.40. The van der Waals surface area contributed by atoms with Crippen LogP contribution in [0.2, 0.25) is 0 Å². The van der Waals surface area contributed by atoms with E-state index in [4.69, 9.17) is 12.2 Å². The van der Waals surface area contributed by atoms with Gasteiger partial charge in [0.25, 0.3) is 0 Å². The summed E-state index contributed by atoms with van der Waals surface area (Å²) < 4.78 is 6.31. The number of aromatic nitrogens is 4. The molecule has 0 fully saturated rings. The van der Waals surface area contributed by atoms with Crippen LogP contribution in [-0.2, 0) is 4.74 Å². The third kappa shape index (κ3) is 1.72. The predicted molar refractivity (Wildman–Crippen MR) is 57.9 cm³/mol. The molecule has 2 heterocycles. The van der Waals surface area contributed by atoms with Crippen molar-refractivity contribution < 1.29 is 9.53 Å². The third-order valence-electron chi connectivity index (χ3n) is 1.93. The first-order valence-corrected chi connectivity index (χ1v) is 4.81. The van der Waals surface area contributed by atoms with Crippen LogP contribution in [0, 0.1) is 4.64 Å². The highest BCUT2D eigenvalue weighted by atomic mass is 32.1. The van der Waals surface area contributed by atoms with Gasteiger partial charge in [0.05, 0.1) is 7.11 Å². The molecule has 0 saturated carbocycles. The van der Waals surface area contributed by atoms with Gasteiger partial charge in [0.15, 0.2) is 0 Å². The van der Waals surface area contributed by atoms with Crippen molar-refractivity contribution in [2.75, 3.05) is 7.11 Å². The number of rotatable bonds is 2. The number of methoxy groups -OCH3 is 1. The van der Waals surface area contributed by atoms with Crippen molar-refractivity contribution >= 4 is 18.2 Å². The number of H-pyrrole nitrogens is 1. The van der Waals surface area contributed by atoms with Gasteiger partial charge in [-0.15, -0.1) is 0 Å². The lowest BCUT2D eigenvalue weighted by molar-refractivity contribution is 0.0600. The van der Waals surface area contributed by atoms with Crippen molar-refractivity contribution in [2.45, 2.75) is 0 Å². The summed E-state index contributed by atoms with van der Waals surface area (Å²) in [5, 5.41) is 2.79. The summed E-state index contributed by atoms with van der Waals surface area (Å²) in [7, 11) is 1.30. The lowest BCUT2D eigenvalue weighted by Gasteiger charge is -1.98. The van der Waals surface area contributed by atoms with Crippen LogP contribution >= 0.6 is 12.2 Å². The van der Waals surface area contributed by atoms with E-state index in [1.807, 2.05) is 0 Å². The fraction of sp³-hybridized carbons (Fsp3) is 0.111. The molecule has 0 aliphatic heterocycles. The van der Waals surface area contributed by atoms with Crippen molar-refractivity contribution in [1.29, 1.82) is 0 Å². The molecule has 0 aliphatic carbocycles. The highest BCUT2D eigenvalue weighted by Crippen LogP contribution is 2.07. The largest absolute Gasteiger partial charge is 0.465 e. The minimum absolute atomic E-state index is 0.282. The molecule has 2 aromatic rings. The summed E-state index contributed by atoms with van der Waals surface area (Å²) in [5.41, 5.74) is 0.282. The Morgan fingerprint density at radius 1 is 1.50 bits per heavy atom. The number of esters is 1. The zero-order valence-corrected chi connectivity index (χ0v) is 9.19. The van der Waals surface area contributed by atoms with Gasteiger partial charge < -0.3 is 4.74 Å². The Morgan fingerprint density at radius 3 is 2.81 bits per heavy atom. The molecule has 0 atom stereocenters. The molecule has 7 heteroatoms.